The molecule has 0 spiro atoms. The number of hydrogen-bond acceptors (Lipinski definition) is 2. The van der Waals surface area contributed by atoms with E-state index in [1.54, 1.807) is 4.90 Å². The smallest absolute Gasteiger partial charge is 0.342 e. The van der Waals surface area contributed by atoms with Gasteiger partial charge in [-0.2, -0.15) is 13.2 Å². The number of piperidine rings is 1. The Morgan fingerprint density at radius 2 is 1.82 bits per heavy atom. The Morgan fingerprint density at radius 1 is 1.18 bits per heavy atom. The van der Waals surface area contributed by atoms with E-state index in [0.29, 0.717) is 6.54 Å². The van der Waals surface area contributed by atoms with Gasteiger partial charge >= 0.3 is 6.18 Å². The van der Waals surface area contributed by atoms with Gasteiger partial charge in [-0.3, -0.25) is 4.79 Å². The maximum absolute atomic E-state index is 12.5. The average Bonchev–Trinajstić information content (AvgIpc) is 2.80. The fourth-order valence-electron chi connectivity index (χ4n) is 2.55. The Hall–Kier alpha value is -0.780. The number of halogens is 3. The summed E-state index contributed by atoms with van der Waals surface area (Å²) in [5, 5.41) is 3.10. The predicted molar refractivity (Wildman–Crippen MR) is 56.3 cm³/mol. The van der Waals surface area contributed by atoms with E-state index in [0.717, 1.165) is 13.0 Å². The standard InChI is InChI=1S/C11H17F3N2O/c12-11(13,14)9-2-5-16(6-3-9)10(17)8-1-4-15-7-8/h8-9,15H,1-7H2. The van der Waals surface area contributed by atoms with Crippen LogP contribution in [0.4, 0.5) is 13.2 Å². The Balaban J connectivity index is 1.84. The van der Waals surface area contributed by atoms with Crippen LogP contribution in [0, 0.1) is 11.8 Å². The Kier molecular flexibility index (Phi) is 3.61. The maximum Gasteiger partial charge on any atom is 0.391 e. The van der Waals surface area contributed by atoms with Crippen molar-refractivity contribution in [2.24, 2.45) is 11.8 Å². The number of nitrogens with zero attached hydrogens (tertiary/aromatic N) is 1. The molecular weight excluding hydrogens is 233 g/mol. The van der Waals surface area contributed by atoms with Crippen LogP contribution < -0.4 is 5.32 Å². The SMILES string of the molecule is O=C(C1CCNC1)N1CCC(C(F)(F)F)CC1. The number of carbonyl (C=O) groups is 1. The van der Waals surface area contributed by atoms with Crippen molar-refractivity contribution in [2.75, 3.05) is 26.2 Å². The summed E-state index contributed by atoms with van der Waals surface area (Å²) in [7, 11) is 0. The van der Waals surface area contributed by atoms with Gasteiger partial charge in [-0.25, -0.2) is 0 Å². The molecule has 0 aromatic carbocycles. The lowest BCUT2D eigenvalue weighted by Crippen LogP contribution is -2.44. The number of carbonyl (C=O) groups excluding carboxylic acids is 1. The minimum absolute atomic E-state index is 0.0237. The largest absolute Gasteiger partial charge is 0.391 e. The topological polar surface area (TPSA) is 32.3 Å². The number of amides is 1. The molecule has 2 aliphatic heterocycles. The molecule has 1 N–H and O–H groups in total. The van der Waals surface area contributed by atoms with Crippen LogP contribution in [0.25, 0.3) is 0 Å². The minimum atomic E-state index is -4.11. The predicted octanol–water partition coefficient (Wildman–Crippen LogP) is 1.40. The van der Waals surface area contributed by atoms with Crippen molar-refractivity contribution in [2.45, 2.75) is 25.4 Å². The zero-order chi connectivity index (χ0) is 12.5. The van der Waals surface area contributed by atoms with E-state index in [4.69, 9.17) is 0 Å². The summed E-state index contributed by atoms with van der Waals surface area (Å²) in [6.07, 6.45) is -3.20. The van der Waals surface area contributed by atoms with E-state index >= 15 is 0 Å². The Bertz CT molecular complexity index is 279. The van der Waals surface area contributed by atoms with E-state index in [1.807, 2.05) is 0 Å². The monoisotopic (exact) mass is 250 g/mol. The molecule has 0 aliphatic carbocycles. The zero-order valence-corrected chi connectivity index (χ0v) is 9.59. The molecule has 3 nitrogen and oxygen atoms in total. The Morgan fingerprint density at radius 3 is 2.29 bits per heavy atom. The number of likely N-dealkylation sites (tertiary alicyclic amines) is 1. The normalized spacial score (nSPS) is 27.5. The first-order valence-electron chi connectivity index (χ1n) is 6.04. The molecule has 2 aliphatic rings. The Labute approximate surface area is 98.3 Å². The minimum Gasteiger partial charge on any atom is -0.342 e. The summed E-state index contributed by atoms with van der Waals surface area (Å²) in [4.78, 5) is 13.6. The highest BCUT2D eigenvalue weighted by molar-refractivity contribution is 5.79. The molecule has 98 valence electrons. The van der Waals surface area contributed by atoms with Crippen molar-refractivity contribution in [1.82, 2.24) is 10.2 Å². The van der Waals surface area contributed by atoms with Crippen LogP contribution >= 0.6 is 0 Å². The molecule has 2 saturated heterocycles. The van der Waals surface area contributed by atoms with Gasteiger partial charge in [0.1, 0.15) is 0 Å². The van der Waals surface area contributed by atoms with E-state index in [2.05, 4.69) is 5.32 Å². The van der Waals surface area contributed by atoms with Crippen LogP contribution in [0.3, 0.4) is 0 Å². The molecule has 1 amide bonds. The van der Waals surface area contributed by atoms with Gasteiger partial charge in [-0.1, -0.05) is 0 Å². The summed E-state index contributed by atoms with van der Waals surface area (Å²) in [5.74, 6) is -1.23. The number of alkyl halides is 3. The second-order valence-corrected chi connectivity index (χ2v) is 4.83. The van der Waals surface area contributed by atoms with Crippen LogP contribution in [-0.2, 0) is 4.79 Å². The van der Waals surface area contributed by atoms with Gasteiger partial charge in [0.25, 0.3) is 0 Å². The number of nitrogens with one attached hydrogen (secondary N) is 1. The van der Waals surface area contributed by atoms with E-state index < -0.39 is 12.1 Å². The highest BCUT2D eigenvalue weighted by Gasteiger charge is 2.42. The molecule has 2 rings (SSSR count). The van der Waals surface area contributed by atoms with Crippen molar-refractivity contribution in [3.63, 3.8) is 0 Å². The molecule has 0 bridgehead atoms. The summed E-state index contributed by atoms with van der Waals surface area (Å²) in [5.41, 5.74) is 0. The van der Waals surface area contributed by atoms with Crippen molar-refractivity contribution in [1.29, 1.82) is 0 Å². The highest BCUT2D eigenvalue weighted by atomic mass is 19.4. The molecule has 6 heteroatoms. The van der Waals surface area contributed by atoms with Gasteiger partial charge < -0.3 is 10.2 Å². The lowest BCUT2D eigenvalue weighted by molar-refractivity contribution is -0.186. The van der Waals surface area contributed by atoms with Crippen molar-refractivity contribution >= 4 is 5.91 Å². The van der Waals surface area contributed by atoms with E-state index in [1.165, 1.54) is 0 Å². The quantitative estimate of drug-likeness (QED) is 0.763. The molecule has 0 radical (unpaired) electrons. The van der Waals surface area contributed by atoms with Gasteiger partial charge in [-0.05, 0) is 25.8 Å². The average molecular weight is 250 g/mol. The molecule has 2 heterocycles. The van der Waals surface area contributed by atoms with Crippen LogP contribution in [0.1, 0.15) is 19.3 Å². The van der Waals surface area contributed by atoms with Gasteiger partial charge in [0.2, 0.25) is 5.91 Å². The zero-order valence-electron chi connectivity index (χ0n) is 9.59. The second kappa shape index (κ2) is 4.84. The van der Waals surface area contributed by atoms with Crippen LogP contribution in [0.15, 0.2) is 0 Å². The summed E-state index contributed by atoms with van der Waals surface area (Å²) in [6.45, 7) is 1.99. The molecular formula is C11H17F3N2O. The summed E-state index contributed by atoms with van der Waals surface area (Å²) < 4.78 is 37.4. The molecule has 1 atom stereocenters. The van der Waals surface area contributed by atoms with E-state index in [9.17, 15) is 18.0 Å². The lowest BCUT2D eigenvalue weighted by Gasteiger charge is -2.34. The van der Waals surface area contributed by atoms with Gasteiger partial charge in [0, 0.05) is 19.6 Å². The summed E-state index contributed by atoms with van der Waals surface area (Å²) >= 11 is 0. The molecule has 17 heavy (non-hydrogen) atoms. The summed E-state index contributed by atoms with van der Waals surface area (Å²) in [6, 6.07) is 0. The molecule has 1 unspecified atom stereocenters. The van der Waals surface area contributed by atoms with Crippen molar-refractivity contribution in [3.8, 4) is 0 Å². The van der Waals surface area contributed by atoms with Crippen LogP contribution in [0.5, 0.6) is 0 Å². The van der Waals surface area contributed by atoms with Gasteiger partial charge in [0.05, 0.1) is 11.8 Å². The molecule has 0 aromatic heterocycles. The fourth-order valence-corrected chi connectivity index (χ4v) is 2.55. The van der Waals surface area contributed by atoms with Gasteiger partial charge in [-0.15, -0.1) is 0 Å². The van der Waals surface area contributed by atoms with E-state index in [-0.39, 0.29) is 37.8 Å². The number of rotatable bonds is 1. The first-order chi connectivity index (χ1) is 7.98. The lowest BCUT2D eigenvalue weighted by atomic mass is 9.95. The maximum atomic E-state index is 12.5. The molecule has 2 fully saturated rings. The van der Waals surface area contributed by atoms with Crippen molar-refractivity contribution in [3.05, 3.63) is 0 Å². The highest BCUT2D eigenvalue weighted by Crippen LogP contribution is 2.34. The van der Waals surface area contributed by atoms with Crippen LogP contribution in [-0.4, -0.2) is 43.2 Å². The third-order valence-corrected chi connectivity index (χ3v) is 3.68. The van der Waals surface area contributed by atoms with Crippen molar-refractivity contribution < 1.29 is 18.0 Å². The van der Waals surface area contributed by atoms with Crippen LogP contribution in [0.2, 0.25) is 0 Å². The first kappa shape index (κ1) is 12.7. The van der Waals surface area contributed by atoms with Gasteiger partial charge in [0.15, 0.2) is 0 Å². The third-order valence-electron chi connectivity index (χ3n) is 3.68. The second-order valence-electron chi connectivity index (χ2n) is 4.83. The molecule has 0 aromatic rings. The number of hydrogen-bond donors (Lipinski definition) is 1. The third kappa shape index (κ3) is 2.91. The first-order valence-corrected chi connectivity index (χ1v) is 6.04. The fraction of sp³-hybridized carbons (Fsp3) is 0.909. The molecule has 0 saturated carbocycles.